The van der Waals surface area contributed by atoms with E-state index in [1.807, 2.05) is 78.9 Å². The van der Waals surface area contributed by atoms with Crippen LogP contribution in [0.5, 0.6) is 5.75 Å². The van der Waals surface area contributed by atoms with Crippen molar-refractivity contribution in [3.05, 3.63) is 98.0 Å². The number of carbonyl (C=O) groups is 2. The van der Waals surface area contributed by atoms with Crippen LogP contribution >= 0.6 is 38.5 Å². The average molecular weight is 661 g/mol. The standard InChI is InChI=1S/C29H30BrIN2O3/c30-23-12-10-22(11-13-23)19-33(28(34)20-36-26-16-14-24(31)15-17-26)27(18-21-6-2-1-3-7-21)29(35)32-25-8-4-5-9-25/h1-3,6-7,10-17,25,27H,4-5,8-9,18-20H2,(H,32,35). The van der Waals surface area contributed by atoms with E-state index in [-0.39, 0.29) is 24.5 Å². The lowest BCUT2D eigenvalue weighted by Crippen LogP contribution is -2.53. The number of benzene rings is 3. The van der Waals surface area contributed by atoms with Crippen molar-refractivity contribution in [3.8, 4) is 5.75 Å². The number of amides is 2. The van der Waals surface area contributed by atoms with E-state index >= 15 is 0 Å². The molecule has 1 fully saturated rings. The zero-order valence-corrected chi connectivity index (χ0v) is 23.8. The van der Waals surface area contributed by atoms with Crippen molar-refractivity contribution < 1.29 is 14.3 Å². The van der Waals surface area contributed by atoms with Crippen molar-refractivity contribution in [1.82, 2.24) is 10.2 Å². The summed E-state index contributed by atoms with van der Waals surface area (Å²) in [5, 5.41) is 3.23. The third-order valence-electron chi connectivity index (χ3n) is 6.41. The lowest BCUT2D eigenvalue weighted by Gasteiger charge is -2.32. The first-order valence-corrected chi connectivity index (χ1v) is 14.1. The normalized spacial score (nSPS) is 14.3. The molecule has 5 nitrogen and oxygen atoms in total. The van der Waals surface area contributed by atoms with Crippen molar-refractivity contribution in [3.63, 3.8) is 0 Å². The van der Waals surface area contributed by atoms with Crippen LogP contribution in [0.15, 0.2) is 83.3 Å². The molecule has 3 aromatic carbocycles. The molecule has 2 amide bonds. The second kappa shape index (κ2) is 13.2. The zero-order chi connectivity index (χ0) is 25.3. The minimum atomic E-state index is -0.649. The first kappa shape index (κ1) is 26.7. The van der Waals surface area contributed by atoms with Crippen LogP contribution in [0.2, 0.25) is 0 Å². The molecular formula is C29H30BrIN2O3. The molecule has 1 aliphatic carbocycles. The highest BCUT2D eigenvalue weighted by molar-refractivity contribution is 14.1. The van der Waals surface area contributed by atoms with Crippen molar-refractivity contribution >= 4 is 50.3 Å². The monoisotopic (exact) mass is 660 g/mol. The topological polar surface area (TPSA) is 58.6 Å². The maximum absolute atomic E-state index is 13.7. The average Bonchev–Trinajstić information content (AvgIpc) is 3.40. The molecule has 1 N–H and O–H groups in total. The smallest absolute Gasteiger partial charge is 0.261 e. The van der Waals surface area contributed by atoms with E-state index in [4.69, 9.17) is 4.74 Å². The molecule has 7 heteroatoms. The Balaban J connectivity index is 1.59. The highest BCUT2D eigenvalue weighted by atomic mass is 127. The Labute approximate surface area is 234 Å². The maximum Gasteiger partial charge on any atom is 0.261 e. The molecule has 0 radical (unpaired) electrons. The molecule has 0 aromatic heterocycles. The quantitative estimate of drug-likeness (QED) is 0.266. The molecule has 0 spiro atoms. The number of halogens is 2. The Hall–Kier alpha value is -2.39. The predicted molar refractivity (Wildman–Crippen MR) is 154 cm³/mol. The summed E-state index contributed by atoms with van der Waals surface area (Å²) in [5.41, 5.74) is 1.96. The van der Waals surface area contributed by atoms with Crippen LogP contribution in [0.4, 0.5) is 0 Å². The zero-order valence-electron chi connectivity index (χ0n) is 20.0. The van der Waals surface area contributed by atoms with Crippen LogP contribution in [0.1, 0.15) is 36.8 Å². The van der Waals surface area contributed by atoms with E-state index < -0.39 is 6.04 Å². The van der Waals surface area contributed by atoms with E-state index in [0.717, 1.165) is 44.9 Å². The number of nitrogens with zero attached hydrogens (tertiary/aromatic N) is 1. The Kier molecular flexibility index (Phi) is 9.81. The van der Waals surface area contributed by atoms with Crippen LogP contribution in [0.3, 0.4) is 0 Å². The Morgan fingerprint density at radius 3 is 2.28 bits per heavy atom. The first-order valence-electron chi connectivity index (χ1n) is 12.2. The molecule has 36 heavy (non-hydrogen) atoms. The molecule has 0 heterocycles. The van der Waals surface area contributed by atoms with E-state index in [1.165, 1.54) is 0 Å². The molecule has 1 unspecified atom stereocenters. The van der Waals surface area contributed by atoms with Gasteiger partial charge in [-0.2, -0.15) is 0 Å². The number of hydrogen-bond donors (Lipinski definition) is 1. The fourth-order valence-electron chi connectivity index (χ4n) is 4.47. The van der Waals surface area contributed by atoms with Crippen LogP contribution in [-0.4, -0.2) is 35.4 Å². The minimum Gasteiger partial charge on any atom is -0.484 e. The predicted octanol–water partition coefficient (Wildman–Crippen LogP) is 6.13. The van der Waals surface area contributed by atoms with Gasteiger partial charge in [0.1, 0.15) is 11.8 Å². The highest BCUT2D eigenvalue weighted by Gasteiger charge is 2.32. The van der Waals surface area contributed by atoms with Gasteiger partial charge in [0.15, 0.2) is 6.61 Å². The summed E-state index contributed by atoms with van der Waals surface area (Å²) in [4.78, 5) is 29.0. The fourth-order valence-corrected chi connectivity index (χ4v) is 5.09. The Morgan fingerprint density at radius 1 is 0.944 bits per heavy atom. The molecule has 1 aliphatic rings. The number of nitrogens with one attached hydrogen (secondary N) is 1. The minimum absolute atomic E-state index is 0.106. The second-order valence-corrected chi connectivity index (χ2v) is 11.2. The van der Waals surface area contributed by atoms with Gasteiger partial charge in [0, 0.05) is 27.1 Å². The van der Waals surface area contributed by atoms with Gasteiger partial charge < -0.3 is 15.0 Å². The number of rotatable bonds is 10. The lowest BCUT2D eigenvalue weighted by atomic mass is 10.0. The van der Waals surface area contributed by atoms with Gasteiger partial charge in [-0.3, -0.25) is 9.59 Å². The summed E-state index contributed by atoms with van der Waals surface area (Å²) in [6.45, 7) is 0.177. The van der Waals surface area contributed by atoms with Crippen molar-refractivity contribution in [1.29, 1.82) is 0 Å². The number of hydrogen-bond acceptors (Lipinski definition) is 3. The number of ether oxygens (including phenoxy) is 1. The SMILES string of the molecule is O=C(NC1CCCC1)C(Cc1ccccc1)N(Cc1ccc(Br)cc1)C(=O)COc1ccc(I)cc1. The molecule has 188 valence electrons. The fraction of sp³-hybridized carbons (Fsp3) is 0.310. The van der Waals surface area contributed by atoms with Gasteiger partial charge >= 0.3 is 0 Å². The summed E-state index contributed by atoms with van der Waals surface area (Å²) >= 11 is 5.71. The van der Waals surface area contributed by atoms with Crippen LogP contribution < -0.4 is 10.1 Å². The summed E-state index contributed by atoms with van der Waals surface area (Å²) in [6, 6.07) is 24.8. The summed E-state index contributed by atoms with van der Waals surface area (Å²) in [6.07, 6.45) is 4.66. The Bertz CT molecular complexity index is 1130. The molecular weight excluding hydrogens is 631 g/mol. The van der Waals surface area contributed by atoms with Gasteiger partial charge in [-0.05, 0) is 83.0 Å². The van der Waals surface area contributed by atoms with Gasteiger partial charge in [0.25, 0.3) is 5.91 Å². The highest BCUT2D eigenvalue weighted by Crippen LogP contribution is 2.21. The van der Waals surface area contributed by atoms with Crippen molar-refractivity contribution in [2.75, 3.05) is 6.61 Å². The molecule has 3 aromatic rings. The van der Waals surface area contributed by atoms with Crippen molar-refractivity contribution in [2.45, 2.75) is 50.7 Å². The summed E-state index contributed by atoms with van der Waals surface area (Å²) in [7, 11) is 0. The first-order chi connectivity index (χ1) is 17.5. The van der Waals surface area contributed by atoms with E-state index in [2.05, 4.69) is 43.8 Å². The van der Waals surface area contributed by atoms with Gasteiger partial charge in [-0.15, -0.1) is 0 Å². The van der Waals surface area contributed by atoms with Crippen LogP contribution in [-0.2, 0) is 22.6 Å². The van der Waals surface area contributed by atoms with E-state index in [9.17, 15) is 9.59 Å². The molecule has 0 bridgehead atoms. The van der Waals surface area contributed by atoms with E-state index in [0.29, 0.717) is 18.7 Å². The van der Waals surface area contributed by atoms with Gasteiger partial charge in [-0.25, -0.2) is 0 Å². The van der Waals surface area contributed by atoms with Gasteiger partial charge in [0.2, 0.25) is 5.91 Å². The lowest BCUT2D eigenvalue weighted by molar-refractivity contribution is -0.143. The maximum atomic E-state index is 13.7. The third kappa shape index (κ3) is 7.80. The van der Waals surface area contributed by atoms with Crippen LogP contribution in [0, 0.1) is 3.57 Å². The molecule has 0 aliphatic heterocycles. The van der Waals surface area contributed by atoms with E-state index in [1.54, 1.807) is 4.90 Å². The van der Waals surface area contributed by atoms with Gasteiger partial charge in [0.05, 0.1) is 0 Å². The summed E-state index contributed by atoms with van der Waals surface area (Å²) in [5.74, 6) is 0.298. The largest absolute Gasteiger partial charge is 0.484 e. The molecule has 0 saturated heterocycles. The third-order valence-corrected chi connectivity index (χ3v) is 7.66. The van der Waals surface area contributed by atoms with Crippen LogP contribution in [0.25, 0.3) is 0 Å². The number of carbonyl (C=O) groups excluding carboxylic acids is 2. The van der Waals surface area contributed by atoms with Gasteiger partial charge in [-0.1, -0.05) is 71.2 Å². The second-order valence-electron chi connectivity index (χ2n) is 9.09. The summed E-state index contributed by atoms with van der Waals surface area (Å²) < 4.78 is 7.90. The molecule has 4 rings (SSSR count). The molecule has 1 saturated carbocycles. The van der Waals surface area contributed by atoms with Crippen molar-refractivity contribution in [2.24, 2.45) is 0 Å². The molecule has 1 atom stereocenters. The Morgan fingerprint density at radius 2 is 1.61 bits per heavy atom.